The number of ether oxygens (including phenoxy) is 1. The van der Waals surface area contributed by atoms with Crippen LogP contribution in [-0.2, 0) is 4.74 Å². The van der Waals surface area contributed by atoms with Gasteiger partial charge in [-0.2, -0.15) is 0 Å². The molecule has 0 bridgehead atoms. The minimum absolute atomic E-state index is 0.694. The van der Waals surface area contributed by atoms with Crippen LogP contribution in [0.25, 0.3) is 0 Å². The summed E-state index contributed by atoms with van der Waals surface area (Å²) in [7, 11) is 3.95. The zero-order valence-corrected chi connectivity index (χ0v) is 10.7. The number of hydrogen-bond donors (Lipinski definition) is 0. The maximum Gasteiger partial charge on any atom is 0.115 e. The van der Waals surface area contributed by atoms with Gasteiger partial charge in [-0.05, 0) is 6.92 Å². The molecule has 0 saturated carbocycles. The van der Waals surface area contributed by atoms with Crippen LogP contribution < -0.4 is 0 Å². The molecule has 0 radical (unpaired) electrons. The van der Waals surface area contributed by atoms with E-state index >= 15 is 0 Å². The van der Waals surface area contributed by atoms with Gasteiger partial charge in [0.05, 0.1) is 6.61 Å². The van der Waals surface area contributed by atoms with E-state index in [4.69, 9.17) is 4.74 Å². The Balaban J connectivity index is 4.30. The molecule has 0 aromatic rings. The van der Waals surface area contributed by atoms with Crippen molar-refractivity contribution in [1.29, 1.82) is 0 Å². The summed E-state index contributed by atoms with van der Waals surface area (Å²) in [5.74, 6) is 0.955. The molecular weight excluding hydrogens is 242 g/mol. The summed E-state index contributed by atoms with van der Waals surface area (Å²) in [6, 6.07) is 0. The molecule has 80 valence electrons. The molecule has 0 aromatic carbocycles. The maximum atomic E-state index is 5.47. The van der Waals surface area contributed by atoms with Crippen LogP contribution in [-0.4, -0.2) is 25.6 Å². The van der Waals surface area contributed by atoms with E-state index in [0.717, 1.165) is 16.7 Å². The van der Waals surface area contributed by atoms with Crippen molar-refractivity contribution in [2.75, 3.05) is 20.7 Å². The summed E-state index contributed by atoms with van der Waals surface area (Å²) < 4.78 is 6.46. The van der Waals surface area contributed by atoms with Crippen molar-refractivity contribution in [3.05, 3.63) is 35.2 Å². The normalized spacial score (nSPS) is 12.6. The van der Waals surface area contributed by atoms with Gasteiger partial charge in [0.1, 0.15) is 5.76 Å². The molecule has 0 saturated heterocycles. The Morgan fingerprint density at radius 3 is 2.57 bits per heavy atom. The van der Waals surface area contributed by atoms with Crippen LogP contribution in [0.2, 0.25) is 0 Å². The number of hydrogen-bond acceptors (Lipinski definition) is 2. The third kappa shape index (κ3) is 6.78. The Labute approximate surface area is 95.1 Å². The molecule has 0 fully saturated rings. The highest BCUT2D eigenvalue weighted by Crippen LogP contribution is 2.12. The Morgan fingerprint density at radius 1 is 1.50 bits per heavy atom. The van der Waals surface area contributed by atoms with Crippen LogP contribution in [0.5, 0.6) is 0 Å². The van der Waals surface area contributed by atoms with Crippen molar-refractivity contribution in [3.63, 3.8) is 0 Å². The van der Waals surface area contributed by atoms with Crippen LogP contribution in [0.4, 0.5) is 0 Å². The molecular formula is C11H18BrNO. The van der Waals surface area contributed by atoms with Crippen molar-refractivity contribution in [2.45, 2.75) is 13.3 Å². The number of nitrogens with zero attached hydrogens (tertiary/aromatic N) is 1. The molecule has 2 nitrogen and oxygen atoms in total. The fraction of sp³-hybridized carbons (Fsp3) is 0.455. The van der Waals surface area contributed by atoms with Crippen molar-refractivity contribution in [2.24, 2.45) is 0 Å². The fourth-order valence-electron chi connectivity index (χ4n) is 0.904. The van der Waals surface area contributed by atoms with Gasteiger partial charge in [0.2, 0.25) is 0 Å². The highest BCUT2D eigenvalue weighted by atomic mass is 79.9. The van der Waals surface area contributed by atoms with Crippen molar-refractivity contribution < 1.29 is 4.74 Å². The lowest BCUT2D eigenvalue weighted by Gasteiger charge is -2.11. The van der Waals surface area contributed by atoms with Gasteiger partial charge in [0, 0.05) is 31.2 Å². The third-order valence-corrected chi connectivity index (χ3v) is 2.07. The third-order valence-electron chi connectivity index (χ3n) is 1.43. The van der Waals surface area contributed by atoms with Gasteiger partial charge < -0.3 is 9.64 Å². The lowest BCUT2D eigenvalue weighted by Crippen LogP contribution is -2.04. The topological polar surface area (TPSA) is 12.5 Å². The first kappa shape index (κ1) is 13.3. The Kier molecular flexibility index (Phi) is 7.30. The molecule has 0 aliphatic heterocycles. The van der Waals surface area contributed by atoms with Gasteiger partial charge in [-0.15, -0.1) is 0 Å². The van der Waals surface area contributed by atoms with Crippen molar-refractivity contribution in [3.8, 4) is 0 Å². The first-order valence-electron chi connectivity index (χ1n) is 4.58. The summed E-state index contributed by atoms with van der Waals surface area (Å²) in [5, 5.41) is 0. The molecule has 0 spiro atoms. The molecule has 0 atom stereocenters. The molecule has 14 heavy (non-hydrogen) atoms. The lowest BCUT2D eigenvalue weighted by atomic mass is 10.3. The minimum atomic E-state index is 0.694. The maximum absolute atomic E-state index is 5.47. The van der Waals surface area contributed by atoms with E-state index in [2.05, 4.69) is 22.5 Å². The SMILES string of the molecule is C=C/C(Br)=C\C/C(=C\N(C)C)OCC. The zero-order chi connectivity index (χ0) is 11.0. The van der Waals surface area contributed by atoms with Crippen LogP contribution >= 0.6 is 15.9 Å². The fourth-order valence-corrected chi connectivity index (χ4v) is 1.07. The summed E-state index contributed by atoms with van der Waals surface area (Å²) in [5.41, 5.74) is 0. The van der Waals surface area contributed by atoms with E-state index < -0.39 is 0 Å². The summed E-state index contributed by atoms with van der Waals surface area (Å²) >= 11 is 3.37. The first-order chi connectivity index (χ1) is 6.60. The molecule has 0 aromatic heterocycles. The summed E-state index contributed by atoms with van der Waals surface area (Å²) in [4.78, 5) is 1.97. The lowest BCUT2D eigenvalue weighted by molar-refractivity contribution is 0.217. The largest absolute Gasteiger partial charge is 0.496 e. The highest BCUT2D eigenvalue weighted by Gasteiger charge is 1.96. The number of allylic oxidation sites excluding steroid dienone is 3. The van der Waals surface area contributed by atoms with Crippen molar-refractivity contribution >= 4 is 15.9 Å². The second-order valence-corrected chi connectivity index (χ2v) is 3.90. The van der Waals surface area contributed by atoms with E-state index in [0.29, 0.717) is 6.61 Å². The van der Waals surface area contributed by atoms with Gasteiger partial charge in [-0.3, -0.25) is 0 Å². The second-order valence-electron chi connectivity index (χ2n) is 2.99. The van der Waals surface area contributed by atoms with Gasteiger partial charge in [-0.1, -0.05) is 34.7 Å². The van der Waals surface area contributed by atoms with Crippen molar-refractivity contribution in [1.82, 2.24) is 4.90 Å². The smallest absolute Gasteiger partial charge is 0.115 e. The standard InChI is InChI=1S/C11H18BrNO/c1-5-10(12)7-8-11(14-6-2)9-13(3)4/h5,7,9H,1,6,8H2,2-4H3/b10-7+,11-9+. The van der Waals surface area contributed by atoms with Crippen LogP contribution in [0.3, 0.4) is 0 Å². The molecule has 3 heteroatoms. The van der Waals surface area contributed by atoms with E-state index in [1.165, 1.54) is 0 Å². The first-order valence-corrected chi connectivity index (χ1v) is 5.37. The van der Waals surface area contributed by atoms with Crippen LogP contribution in [0.1, 0.15) is 13.3 Å². The zero-order valence-electron chi connectivity index (χ0n) is 9.09. The summed E-state index contributed by atoms with van der Waals surface area (Å²) in [6.07, 6.45) is 6.54. The average molecular weight is 260 g/mol. The highest BCUT2D eigenvalue weighted by molar-refractivity contribution is 9.11. The van der Waals surface area contributed by atoms with Gasteiger partial charge in [-0.25, -0.2) is 0 Å². The molecule has 0 aliphatic carbocycles. The molecule has 0 heterocycles. The Hall–Kier alpha value is -0.700. The number of halogens is 1. The molecule has 0 rings (SSSR count). The average Bonchev–Trinajstić information content (AvgIpc) is 2.13. The molecule has 0 amide bonds. The van der Waals surface area contributed by atoms with Crippen LogP contribution in [0.15, 0.2) is 35.2 Å². The number of rotatable bonds is 6. The van der Waals surface area contributed by atoms with Gasteiger partial charge in [0.25, 0.3) is 0 Å². The van der Waals surface area contributed by atoms with E-state index in [1.54, 1.807) is 6.08 Å². The quantitative estimate of drug-likeness (QED) is 0.536. The molecule has 0 unspecified atom stereocenters. The van der Waals surface area contributed by atoms with E-state index in [9.17, 15) is 0 Å². The Bertz CT molecular complexity index is 231. The molecule has 0 N–H and O–H groups in total. The minimum Gasteiger partial charge on any atom is -0.496 e. The van der Waals surface area contributed by atoms with Crippen LogP contribution in [0, 0.1) is 0 Å². The summed E-state index contributed by atoms with van der Waals surface area (Å²) in [6.45, 7) is 6.34. The monoisotopic (exact) mass is 259 g/mol. The van der Waals surface area contributed by atoms with Gasteiger partial charge >= 0.3 is 0 Å². The van der Waals surface area contributed by atoms with Gasteiger partial charge in [0.15, 0.2) is 0 Å². The second kappa shape index (κ2) is 7.68. The molecule has 0 aliphatic rings. The van der Waals surface area contributed by atoms with E-state index in [1.807, 2.05) is 38.2 Å². The predicted molar refractivity (Wildman–Crippen MR) is 65.2 cm³/mol. The Morgan fingerprint density at radius 2 is 2.14 bits per heavy atom. The predicted octanol–water partition coefficient (Wildman–Crippen LogP) is 3.28. The van der Waals surface area contributed by atoms with E-state index in [-0.39, 0.29) is 0 Å².